The van der Waals surface area contributed by atoms with E-state index in [1.807, 2.05) is 6.07 Å². The number of halogens is 2. The van der Waals surface area contributed by atoms with E-state index in [9.17, 15) is 4.39 Å². The van der Waals surface area contributed by atoms with Crippen LogP contribution >= 0.6 is 12.4 Å². The van der Waals surface area contributed by atoms with Crippen LogP contribution in [0.1, 0.15) is 5.56 Å². The van der Waals surface area contributed by atoms with Crippen LogP contribution in [0.3, 0.4) is 0 Å². The van der Waals surface area contributed by atoms with E-state index in [-0.39, 0.29) is 18.2 Å². The average molecular weight is 272 g/mol. The van der Waals surface area contributed by atoms with Crippen LogP contribution in [0.2, 0.25) is 0 Å². The van der Waals surface area contributed by atoms with Crippen molar-refractivity contribution in [2.24, 2.45) is 5.73 Å². The summed E-state index contributed by atoms with van der Waals surface area (Å²) >= 11 is 0. The van der Waals surface area contributed by atoms with Crippen LogP contribution in [-0.2, 0) is 6.54 Å². The third kappa shape index (κ3) is 4.01. The molecule has 0 fully saturated rings. The van der Waals surface area contributed by atoms with Crippen LogP contribution < -0.4 is 10.5 Å². The number of aromatic nitrogens is 2. The smallest absolute Gasteiger partial charge is 0.157 e. The maximum absolute atomic E-state index is 13.0. The maximum atomic E-state index is 13.0. The second-order valence-electron chi connectivity index (χ2n) is 3.64. The van der Waals surface area contributed by atoms with Gasteiger partial charge in [0.1, 0.15) is 12.4 Å². The molecule has 0 saturated heterocycles. The van der Waals surface area contributed by atoms with Crippen molar-refractivity contribution in [2.45, 2.75) is 6.54 Å². The molecule has 4 nitrogen and oxygen atoms in total. The lowest BCUT2D eigenvalue weighted by Gasteiger charge is -2.02. The molecule has 0 aliphatic heterocycles. The number of nitrogens with two attached hydrogens (primary N) is 1. The van der Waals surface area contributed by atoms with Gasteiger partial charge in [0.25, 0.3) is 0 Å². The highest BCUT2D eigenvalue weighted by molar-refractivity contribution is 5.85. The lowest BCUT2D eigenvalue weighted by atomic mass is 10.2. The maximum Gasteiger partial charge on any atom is 0.157 e. The summed E-state index contributed by atoms with van der Waals surface area (Å²) in [6.45, 7) is 1.45. The molecule has 0 unspecified atom stereocenters. The van der Waals surface area contributed by atoms with Crippen molar-refractivity contribution >= 4 is 12.4 Å². The number of ether oxygens (including phenoxy) is 1. The molecular weight excluding hydrogens is 257 g/mol. The SMILES string of the molecule is Cl.NCCOc1cnn(Cc2cccc(F)c2)c1. The van der Waals surface area contributed by atoms with Gasteiger partial charge in [0.2, 0.25) is 0 Å². The Morgan fingerprint density at radius 3 is 2.94 bits per heavy atom. The molecule has 0 amide bonds. The topological polar surface area (TPSA) is 53.1 Å². The normalized spacial score (nSPS) is 9.89. The second kappa shape index (κ2) is 6.98. The number of benzene rings is 1. The van der Waals surface area contributed by atoms with Crippen molar-refractivity contribution in [3.63, 3.8) is 0 Å². The molecule has 0 spiro atoms. The molecule has 0 aliphatic carbocycles. The van der Waals surface area contributed by atoms with Crippen LogP contribution in [0, 0.1) is 5.82 Å². The van der Waals surface area contributed by atoms with Gasteiger partial charge in [0, 0.05) is 6.54 Å². The number of hydrogen-bond donors (Lipinski definition) is 1. The summed E-state index contributed by atoms with van der Waals surface area (Å²) in [5.74, 6) is 0.432. The van der Waals surface area contributed by atoms with E-state index in [0.717, 1.165) is 5.56 Å². The zero-order valence-corrected chi connectivity index (χ0v) is 10.6. The van der Waals surface area contributed by atoms with Gasteiger partial charge in [-0.3, -0.25) is 4.68 Å². The van der Waals surface area contributed by atoms with Gasteiger partial charge in [0.05, 0.1) is 18.9 Å². The average Bonchev–Trinajstić information content (AvgIpc) is 2.74. The fraction of sp³-hybridized carbons (Fsp3) is 0.250. The molecule has 1 heterocycles. The van der Waals surface area contributed by atoms with E-state index >= 15 is 0 Å². The Balaban J connectivity index is 0.00000162. The Labute approximate surface area is 111 Å². The molecule has 1 aromatic carbocycles. The molecule has 2 N–H and O–H groups in total. The van der Waals surface area contributed by atoms with E-state index < -0.39 is 0 Å². The summed E-state index contributed by atoms with van der Waals surface area (Å²) < 4.78 is 20.0. The van der Waals surface area contributed by atoms with Gasteiger partial charge >= 0.3 is 0 Å². The van der Waals surface area contributed by atoms with Crippen LogP contribution in [-0.4, -0.2) is 22.9 Å². The summed E-state index contributed by atoms with van der Waals surface area (Å²) in [6, 6.07) is 6.44. The molecule has 1 aromatic heterocycles. The first-order chi connectivity index (χ1) is 8.28. The molecule has 0 aliphatic rings. The lowest BCUT2D eigenvalue weighted by Crippen LogP contribution is -2.10. The van der Waals surface area contributed by atoms with Gasteiger partial charge in [-0.1, -0.05) is 12.1 Å². The molecular formula is C12H15ClFN3O. The molecule has 0 radical (unpaired) electrons. The van der Waals surface area contributed by atoms with Gasteiger partial charge < -0.3 is 10.5 Å². The summed E-state index contributed by atoms with van der Waals surface area (Å²) in [5, 5.41) is 4.12. The minimum atomic E-state index is -0.241. The Morgan fingerprint density at radius 2 is 2.22 bits per heavy atom. The van der Waals surface area contributed by atoms with Crippen molar-refractivity contribution in [3.8, 4) is 5.75 Å². The molecule has 0 bridgehead atoms. The molecule has 6 heteroatoms. The van der Waals surface area contributed by atoms with E-state index in [4.69, 9.17) is 10.5 Å². The quantitative estimate of drug-likeness (QED) is 0.903. The third-order valence-corrected chi connectivity index (χ3v) is 2.23. The van der Waals surface area contributed by atoms with E-state index in [1.165, 1.54) is 12.1 Å². The van der Waals surface area contributed by atoms with Crippen LogP contribution in [0.15, 0.2) is 36.7 Å². The predicted octanol–water partition coefficient (Wildman–Crippen LogP) is 1.83. The third-order valence-electron chi connectivity index (χ3n) is 2.23. The fourth-order valence-electron chi connectivity index (χ4n) is 1.50. The Bertz CT molecular complexity index is 490. The number of rotatable bonds is 5. The van der Waals surface area contributed by atoms with Crippen LogP contribution in [0.5, 0.6) is 5.75 Å². The summed E-state index contributed by atoms with van der Waals surface area (Å²) in [7, 11) is 0. The lowest BCUT2D eigenvalue weighted by molar-refractivity contribution is 0.328. The van der Waals surface area contributed by atoms with Crippen molar-refractivity contribution in [2.75, 3.05) is 13.2 Å². The first-order valence-electron chi connectivity index (χ1n) is 5.37. The van der Waals surface area contributed by atoms with E-state index in [1.54, 1.807) is 23.1 Å². The largest absolute Gasteiger partial charge is 0.489 e. The monoisotopic (exact) mass is 271 g/mol. The van der Waals surface area contributed by atoms with Crippen molar-refractivity contribution in [1.82, 2.24) is 9.78 Å². The minimum absolute atomic E-state index is 0. The fourth-order valence-corrected chi connectivity index (χ4v) is 1.50. The van der Waals surface area contributed by atoms with Crippen LogP contribution in [0.4, 0.5) is 4.39 Å². The van der Waals surface area contributed by atoms with Gasteiger partial charge in [-0.05, 0) is 17.7 Å². The highest BCUT2D eigenvalue weighted by Crippen LogP contribution is 2.10. The highest BCUT2D eigenvalue weighted by atomic mass is 35.5. The molecule has 0 saturated carbocycles. The summed E-state index contributed by atoms with van der Waals surface area (Å²) in [4.78, 5) is 0. The van der Waals surface area contributed by atoms with Gasteiger partial charge in [-0.15, -0.1) is 12.4 Å². The Hall–Kier alpha value is -1.59. The molecule has 0 atom stereocenters. The van der Waals surface area contributed by atoms with Gasteiger partial charge in [-0.25, -0.2) is 4.39 Å². The molecule has 2 aromatic rings. The van der Waals surface area contributed by atoms with Crippen molar-refractivity contribution in [3.05, 3.63) is 48.0 Å². The second-order valence-corrected chi connectivity index (χ2v) is 3.64. The summed E-state index contributed by atoms with van der Waals surface area (Å²) in [5.41, 5.74) is 6.19. The van der Waals surface area contributed by atoms with Crippen molar-refractivity contribution < 1.29 is 9.13 Å². The highest BCUT2D eigenvalue weighted by Gasteiger charge is 2.01. The Morgan fingerprint density at radius 1 is 1.39 bits per heavy atom. The molecule has 18 heavy (non-hydrogen) atoms. The summed E-state index contributed by atoms with van der Waals surface area (Å²) in [6.07, 6.45) is 3.38. The minimum Gasteiger partial charge on any atom is -0.489 e. The predicted molar refractivity (Wildman–Crippen MR) is 69.5 cm³/mol. The molecule has 2 rings (SSSR count). The van der Waals surface area contributed by atoms with Gasteiger partial charge in [0.15, 0.2) is 5.75 Å². The molecule has 98 valence electrons. The zero-order valence-electron chi connectivity index (χ0n) is 9.75. The number of nitrogens with zero attached hydrogens (tertiary/aromatic N) is 2. The zero-order chi connectivity index (χ0) is 12.1. The standard InChI is InChI=1S/C12H14FN3O.ClH/c13-11-3-1-2-10(6-11)8-16-9-12(7-15-16)17-5-4-14;/h1-3,6-7,9H,4-5,8,14H2;1H. The van der Waals surface area contributed by atoms with E-state index in [0.29, 0.717) is 25.4 Å². The number of hydrogen-bond acceptors (Lipinski definition) is 3. The van der Waals surface area contributed by atoms with Gasteiger partial charge in [-0.2, -0.15) is 5.10 Å². The first-order valence-corrected chi connectivity index (χ1v) is 5.37. The Kier molecular flexibility index (Phi) is 5.61. The van der Waals surface area contributed by atoms with E-state index in [2.05, 4.69) is 5.10 Å². The first kappa shape index (κ1) is 14.5. The van der Waals surface area contributed by atoms with Crippen molar-refractivity contribution in [1.29, 1.82) is 0 Å². The van der Waals surface area contributed by atoms with Crippen LogP contribution in [0.25, 0.3) is 0 Å².